The van der Waals surface area contributed by atoms with Crippen molar-refractivity contribution in [3.63, 3.8) is 0 Å². The van der Waals surface area contributed by atoms with Gasteiger partial charge in [-0.2, -0.15) is 0 Å². The molecule has 1 spiro atoms. The molecule has 1 aliphatic carbocycles. The molecule has 3 atom stereocenters. The van der Waals surface area contributed by atoms with Crippen molar-refractivity contribution in [2.24, 2.45) is 17.3 Å². The van der Waals surface area contributed by atoms with Gasteiger partial charge in [-0.3, -0.25) is 4.90 Å². The van der Waals surface area contributed by atoms with E-state index in [4.69, 9.17) is 0 Å². The predicted molar refractivity (Wildman–Crippen MR) is 90.5 cm³/mol. The first kappa shape index (κ1) is 15.8. The molecular weight excluding hydrogens is 256 g/mol. The molecule has 1 N–H and O–H groups in total. The molecular formula is C19H36N2. The van der Waals surface area contributed by atoms with E-state index in [-0.39, 0.29) is 0 Å². The number of hydrogen-bond donors (Lipinski definition) is 1. The molecule has 3 aliphatic rings. The average molecular weight is 293 g/mol. The van der Waals surface area contributed by atoms with Gasteiger partial charge in [0.2, 0.25) is 0 Å². The summed E-state index contributed by atoms with van der Waals surface area (Å²) < 4.78 is 0. The van der Waals surface area contributed by atoms with Crippen LogP contribution in [0.5, 0.6) is 0 Å². The summed E-state index contributed by atoms with van der Waals surface area (Å²) in [6.07, 6.45) is 13.1. The Bertz CT molecular complexity index is 314. The highest BCUT2D eigenvalue weighted by Gasteiger charge is 2.38. The molecule has 1 saturated carbocycles. The summed E-state index contributed by atoms with van der Waals surface area (Å²) >= 11 is 0. The first-order valence-electron chi connectivity index (χ1n) is 9.63. The Morgan fingerprint density at radius 2 is 1.86 bits per heavy atom. The Balaban J connectivity index is 1.58. The first-order valence-corrected chi connectivity index (χ1v) is 9.63. The lowest BCUT2D eigenvalue weighted by Gasteiger charge is -2.48. The molecule has 3 unspecified atom stereocenters. The van der Waals surface area contributed by atoms with Crippen LogP contribution in [0.1, 0.15) is 71.6 Å². The lowest BCUT2D eigenvalue weighted by atomic mass is 9.74. The summed E-state index contributed by atoms with van der Waals surface area (Å²) in [5.41, 5.74) is 0.625. The second-order valence-corrected chi connectivity index (χ2v) is 8.52. The molecule has 0 bridgehead atoms. The molecule has 3 fully saturated rings. The normalized spacial score (nSPS) is 39.6. The summed E-state index contributed by atoms with van der Waals surface area (Å²) in [6, 6.07) is 0.896. The third-order valence-corrected chi connectivity index (χ3v) is 6.69. The van der Waals surface area contributed by atoms with Crippen LogP contribution >= 0.6 is 0 Å². The molecule has 2 nitrogen and oxygen atoms in total. The molecule has 0 aromatic carbocycles. The van der Waals surface area contributed by atoms with Crippen molar-refractivity contribution in [3.8, 4) is 0 Å². The van der Waals surface area contributed by atoms with Crippen LogP contribution in [-0.4, -0.2) is 37.1 Å². The number of likely N-dealkylation sites (tertiary alicyclic amines) is 1. The minimum Gasteiger partial charge on any atom is -0.316 e. The van der Waals surface area contributed by atoms with Crippen molar-refractivity contribution in [3.05, 3.63) is 0 Å². The summed E-state index contributed by atoms with van der Waals surface area (Å²) in [4.78, 5) is 2.90. The van der Waals surface area contributed by atoms with Gasteiger partial charge < -0.3 is 5.32 Å². The van der Waals surface area contributed by atoms with Gasteiger partial charge in [-0.1, -0.05) is 26.7 Å². The topological polar surface area (TPSA) is 15.3 Å². The van der Waals surface area contributed by atoms with Crippen LogP contribution in [0, 0.1) is 17.3 Å². The molecule has 0 radical (unpaired) electrons. The van der Waals surface area contributed by atoms with Gasteiger partial charge in [0.1, 0.15) is 0 Å². The van der Waals surface area contributed by atoms with Crippen molar-refractivity contribution in [2.75, 3.05) is 26.2 Å². The molecule has 2 heterocycles. The van der Waals surface area contributed by atoms with Gasteiger partial charge in [0.05, 0.1) is 0 Å². The number of rotatable bonds is 2. The molecule has 2 saturated heterocycles. The van der Waals surface area contributed by atoms with E-state index in [1.807, 2.05) is 0 Å². The van der Waals surface area contributed by atoms with Crippen LogP contribution in [0.3, 0.4) is 0 Å². The summed E-state index contributed by atoms with van der Waals surface area (Å²) in [6.45, 7) is 10.1. The summed E-state index contributed by atoms with van der Waals surface area (Å²) in [5.74, 6) is 1.88. The van der Waals surface area contributed by atoms with Gasteiger partial charge in [0, 0.05) is 19.1 Å². The van der Waals surface area contributed by atoms with Crippen molar-refractivity contribution in [1.29, 1.82) is 0 Å². The Morgan fingerprint density at radius 1 is 1.00 bits per heavy atom. The van der Waals surface area contributed by atoms with Gasteiger partial charge in [-0.15, -0.1) is 0 Å². The molecule has 3 rings (SSSR count). The van der Waals surface area contributed by atoms with E-state index in [1.165, 1.54) is 84.0 Å². The lowest BCUT2D eigenvalue weighted by Crippen LogP contribution is -2.53. The van der Waals surface area contributed by atoms with E-state index < -0.39 is 0 Å². The third-order valence-electron chi connectivity index (χ3n) is 6.69. The Morgan fingerprint density at radius 3 is 2.62 bits per heavy atom. The maximum absolute atomic E-state index is 3.68. The first-order chi connectivity index (χ1) is 10.2. The number of nitrogens with one attached hydrogen (secondary N) is 1. The highest BCUT2D eigenvalue weighted by Crippen LogP contribution is 2.39. The second-order valence-electron chi connectivity index (χ2n) is 8.52. The minimum atomic E-state index is 0.625. The maximum Gasteiger partial charge on any atom is 0.00956 e. The fourth-order valence-corrected chi connectivity index (χ4v) is 5.28. The van der Waals surface area contributed by atoms with Crippen molar-refractivity contribution < 1.29 is 0 Å². The van der Waals surface area contributed by atoms with E-state index in [0.29, 0.717) is 5.41 Å². The van der Waals surface area contributed by atoms with E-state index in [1.54, 1.807) is 0 Å². The minimum absolute atomic E-state index is 0.625. The molecule has 2 heteroatoms. The zero-order chi connectivity index (χ0) is 14.7. The monoisotopic (exact) mass is 292 g/mol. The predicted octanol–water partition coefficient (Wildman–Crippen LogP) is 4.06. The van der Waals surface area contributed by atoms with E-state index >= 15 is 0 Å². The number of piperidine rings is 2. The smallest absolute Gasteiger partial charge is 0.00956 e. The van der Waals surface area contributed by atoms with Crippen LogP contribution in [0.4, 0.5) is 0 Å². The average Bonchev–Trinajstić information content (AvgIpc) is 2.74. The van der Waals surface area contributed by atoms with Crippen molar-refractivity contribution in [1.82, 2.24) is 10.2 Å². The fourth-order valence-electron chi connectivity index (χ4n) is 5.28. The standard InChI is InChI=1S/C19H36N2/c1-16(2)17-6-3-7-18(9-8-17)21-13-5-11-19(15-21)10-4-12-20-14-19/h16-18,20H,3-15H2,1-2H3. The zero-order valence-corrected chi connectivity index (χ0v) is 14.4. The Kier molecular flexibility index (Phi) is 5.27. The van der Waals surface area contributed by atoms with E-state index in [9.17, 15) is 0 Å². The molecule has 122 valence electrons. The molecule has 2 aliphatic heterocycles. The van der Waals surface area contributed by atoms with E-state index in [2.05, 4.69) is 24.1 Å². The molecule has 21 heavy (non-hydrogen) atoms. The van der Waals surface area contributed by atoms with E-state index in [0.717, 1.165) is 17.9 Å². The number of hydrogen-bond acceptors (Lipinski definition) is 2. The highest BCUT2D eigenvalue weighted by molar-refractivity contribution is 4.93. The Labute approximate surface area is 132 Å². The van der Waals surface area contributed by atoms with Crippen LogP contribution in [-0.2, 0) is 0 Å². The fraction of sp³-hybridized carbons (Fsp3) is 1.00. The van der Waals surface area contributed by atoms with Crippen LogP contribution in [0.25, 0.3) is 0 Å². The molecule has 0 aromatic rings. The summed E-state index contributed by atoms with van der Waals surface area (Å²) in [5, 5.41) is 3.68. The highest BCUT2D eigenvalue weighted by atomic mass is 15.2. The van der Waals surface area contributed by atoms with Crippen LogP contribution in [0.2, 0.25) is 0 Å². The SMILES string of the molecule is CC(C)C1CCCC(N2CCCC3(CCCNC3)C2)CC1. The largest absolute Gasteiger partial charge is 0.316 e. The maximum atomic E-state index is 3.68. The van der Waals surface area contributed by atoms with Crippen molar-refractivity contribution in [2.45, 2.75) is 77.7 Å². The molecule has 0 aromatic heterocycles. The van der Waals surface area contributed by atoms with Gasteiger partial charge in [-0.25, -0.2) is 0 Å². The second kappa shape index (κ2) is 7.00. The number of nitrogens with zero attached hydrogens (tertiary/aromatic N) is 1. The molecule has 0 amide bonds. The van der Waals surface area contributed by atoms with Gasteiger partial charge in [-0.05, 0) is 75.3 Å². The zero-order valence-electron chi connectivity index (χ0n) is 14.4. The summed E-state index contributed by atoms with van der Waals surface area (Å²) in [7, 11) is 0. The van der Waals surface area contributed by atoms with Crippen LogP contribution in [0.15, 0.2) is 0 Å². The van der Waals surface area contributed by atoms with Gasteiger partial charge >= 0.3 is 0 Å². The Hall–Kier alpha value is -0.0800. The van der Waals surface area contributed by atoms with Gasteiger partial charge in [0.15, 0.2) is 0 Å². The van der Waals surface area contributed by atoms with Crippen LogP contribution < -0.4 is 5.32 Å². The van der Waals surface area contributed by atoms with Gasteiger partial charge in [0.25, 0.3) is 0 Å². The lowest BCUT2D eigenvalue weighted by molar-refractivity contribution is 0.0325. The third kappa shape index (κ3) is 3.82. The quantitative estimate of drug-likeness (QED) is 0.772. The van der Waals surface area contributed by atoms with Crippen molar-refractivity contribution >= 4 is 0 Å².